The van der Waals surface area contributed by atoms with E-state index in [1.165, 1.54) is 16.8 Å². The van der Waals surface area contributed by atoms with Gasteiger partial charge in [-0.15, -0.1) is 0 Å². The van der Waals surface area contributed by atoms with Crippen LogP contribution in [-0.2, 0) is 16.9 Å². The Labute approximate surface area is 149 Å². The van der Waals surface area contributed by atoms with Gasteiger partial charge in [-0.05, 0) is 30.7 Å². The summed E-state index contributed by atoms with van der Waals surface area (Å²) in [6.45, 7) is 1.53. The number of nitrogens with two attached hydrogens (primary N) is 1. The first-order valence-corrected chi connectivity index (χ1v) is 8.01. The third-order valence-corrected chi connectivity index (χ3v) is 4.35. The van der Waals surface area contributed by atoms with Crippen molar-refractivity contribution in [2.45, 2.75) is 25.1 Å². The molecule has 0 spiro atoms. The highest BCUT2D eigenvalue weighted by Crippen LogP contribution is 2.29. The highest BCUT2D eigenvalue weighted by Gasteiger charge is 2.49. The number of imide groups is 1. The molecular formula is C17H19N5O4. The zero-order chi connectivity index (χ0) is 18.9. The molecule has 2 heterocycles. The molecule has 26 heavy (non-hydrogen) atoms. The lowest BCUT2D eigenvalue weighted by Crippen LogP contribution is -2.42. The Bertz CT molecular complexity index is 851. The molecule has 4 N–H and O–H groups in total. The summed E-state index contributed by atoms with van der Waals surface area (Å²) in [6, 6.07) is 7.33. The molecule has 9 heteroatoms. The number of aliphatic hydroxyl groups is 1. The molecule has 2 unspecified atom stereocenters. The summed E-state index contributed by atoms with van der Waals surface area (Å²) in [7, 11) is 0. The largest absolute Gasteiger partial charge is 0.389 e. The number of β-amino-alcohol motifs (C(OH)–C–C–N with tert-alkyl or cyclic N) is 1. The average molecular weight is 357 g/mol. The van der Waals surface area contributed by atoms with Crippen LogP contribution in [0.25, 0.3) is 0 Å². The summed E-state index contributed by atoms with van der Waals surface area (Å²) in [5, 5.41) is 16.8. The molecular weight excluding hydrogens is 338 g/mol. The van der Waals surface area contributed by atoms with Gasteiger partial charge in [0.25, 0.3) is 5.91 Å². The lowest BCUT2D eigenvalue weighted by atomic mass is 9.90. The van der Waals surface area contributed by atoms with E-state index in [1.807, 2.05) is 0 Å². The first-order valence-electron chi connectivity index (χ1n) is 8.01. The lowest BCUT2D eigenvalue weighted by Gasteiger charge is -2.23. The summed E-state index contributed by atoms with van der Waals surface area (Å²) < 4.78 is 1.51. The normalized spacial score (nSPS) is 20.9. The maximum absolute atomic E-state index is 12.9. The van der Waals surface area contributed by atoms with E-state index in [0.29, 0.717) is 5.56 Å². The Balaban J connectivity index is 1.79. The van der Waals surface area contributed by atoms with E-state index in [2.05, 4.69) is 10.4 Å². The molecule has 1 aliphatic heterocycles. The molecule has 0 bridgehead atoms. The van der Waals surface area contributed by atoms with Gasteiger partial charge < -0.3 is 16.2 Å². The second kappa shape index (κ2) is 6.60. The van der Waals surface area contributed by atoms with Crippen LogP contribution in [0.4, 0.5) is 4.79 Å². The SMILES string of the molecule is CC1(c2cccc(C(N)=O)c2)NC(=O)N(CC(O)Cn2cccn2)C1=O. The molecule has 0 aliphatic carbocycles. The molecule has 0 saturated carbocycles. The monoisotopic (exact) mass is 357 g/mol. The third kappa shape index (κ3) is 3.16. The third-order valence-electron chi connectivity index (χ3n) is 4.35. The standard InChI is InChI=1S/C17H19N5O4/c1-17(12-5-2-4-11(8-12)14(18)24)15(25)22(16(26)20-17)10-13(23)9-21-7-3-6-19-21/h2-8,13,23H,9-10H2,1H3,(H2,18,24)(H,20,26). The van der Waals surface area contributed by atoms with Gasteiger partial charge in [-0.1, -0.05) is 12.1 Å². The average Bonchev–Trinajstić information content (AvgIpc) is 3.18. The van der Waals surface area contributed by atoms with Crippen molar-refractivity contribution in [2.75, 3.05) is 6.54 Å². The van der Waals surface area contributed by atoms with Crippen LogP contribution >= 0.6 is 0 Å². The molecule has 2 aromatic rings. The molecule has 3 rings (SSSR count). The fourth-order valence-corrected chi connectivity index (χ4v) is 2.93. The van der Waals surface area contributed by atoms with Gasteiger partial charge in [0.15, 0.2) is 0 Å². The Morgan fingerprint density at radius 3 is 2.77 bits per heavy atom. The van der Waals surface area contributed by atoms with Gasteiger partial charge >= 0.3 is 6.03 Å². The smallest absolute Gasteiger partial charge is 0.325 e. The summed E-state index contributed by atoms with van der Waals surface area (Å²) in [6.07, 6.45) is 2.28. The highest BCUT2D eigenvalue weighted by molar-refractivity contribution is 6.07. The summed E-state index contributed by atoms with van der Waals surface area (Å²) >= 11 is 0. The number of carbonyl (C=O) groups is 3. The molecule has 2 atom stereocenters. The number of urea groups is 1. The van der Waals surface area contributed by atoms with Crippen LogP contribution in [0.2, 0.25) is 0 Å². The van der Waals surface area contributed by atoms with Gasteiger partial charge in [-0.2, -0.15) is 5.10 Å². The van der Waals surface area contributed by atoms with Gasteiger partial charge in [-0.25, -0.2) is 4.79 Å². The zero-order valence-electron chi connectivity index (χ0n) is 14.1. The van der Waals surface area contributed by atoms with E-state index in [-0.39, 0.29) is 18.7 Å². The van der Waals surface area contributed by atoms with Gasteiger partial charge in [-0.3, -0.25) is 19.2 Å². The van der Waals surface area contributed by atoms with Crippen LogP contribution in [-0.4, -0.2) is 50.3 Å². The Morgan fingerprint density at radius 1 is 1.35 bits per heavy atom. The molecule has 1 aromatic heterocycles. The van der Waals surface area contributed by atoms with E-state index in [9.17, 15) is 19.5 Å². The number of amides is 4. The minimum atomic E-state index is -1.34. The number of nitrogens with zero attached hydrogens (tertiary/aromatic N) is 3. The van der Waals surface area contributed by atoms with E-state index in [4.69, 9.17) is 5.73 Å². The minimum Gasteiger partial charge on any atom is -0.389 e. The molecule has 136 valence electrons. The minimum absolute atomic E-state index is 0.151. The fourth-order valence-electron chi connectivity index (χ4n) is 2.93. The Morgan fingerprint density at radius 2 is 2.12 bits per heavy atom. The van der Waals surface area contributed by atoms with Crippen LogP contribution in [0.5, 0.6) is 0 Å². The van der Waals surface area contributed by atoms with Crippen LogP contribution in [0.15, 0.2) is 42.7 Å². The summed E-state index contributed by atoms with van der Waals surface area (Å²) in [5.41, 5.74) is 4.62. The predicted octanol–water partition coefficient (Wildman–Crippen LogP) is -0.190. The number of hydrogen-bond acceptors (Lipinski definition) is 5. The van der Waals surface area contributed by atoms with Crippen LogP contribution in [0, 0.1) is 0 Å². The van der Waals surface area contributed by atoms with E-state index >= 15 is 0 Å². The highest BCUT2D eigenvalue weighted by atomic mass is 16.3. The first-order chi connectivity index (χ1) is 12.3. The van der Waals surface area contributed by atoms with Gasteiger partial charge in [0, 0.05) is 18.0 Å². The Kier molecular flexibility index (Phi) is 4.47. The van der Waals surface area contributed by atoms with Crippen molar-refractivity contribution in [1.29, 1.82) is 0 Å². The molecule has 4 amide bonds. The number of aliphatic hydroxyl groups excluding tert-OH is 1. The fraction of sp³-hybridized carbons (Fsp3) is 0.294. The number of aromatic nitrogens is 2. The van der Waals surface area contributed by atoms with Crippen LogP contribution in [0.3, 0.4) is 0 Å². The van der Waals surface area contributed by atoms with Gasteiger partial charge in [0.05, 0.1) is 19.2 Å². The van der Waals surface area contributed by atoms with Crippen molar-refractivity contribution >= 4 is 17.8 Å². The van der Waals surface area contributed by atoms with Crippen molar-refractivity contribution in [2.24, 2.45) is 5.73 Å². The van der Waals surface area contributed by atoms with Crippen molar-refractivity contribution in [1.82, 2.24) is 20.0 Å². The number of hydrogen-bond donors (Lipinski definition) is 3. The number of benzene rings is 1. The van der Waals surface area contributed by atoms with Crippen molar-refractivity contribution in [3.05, 3.63) is 53.9 Å². The van der Waals surface area contributed by atoms with Crippen molar-refractivity contribution in [3.8, 4) is 0 Å². The number of primary amides is 1. The molecule has 1 aliphatic rings. The van der Waals surface area contributed by atoms with Crippen molar-refractivity contribution < 1.29 is 19.5 Å². The predicted molar refractivity (Wildman–Crippen MR) is 90.8 cm³/mol. The van der Waals surface area contributed by atoms with E-state index in [0.717, 1.165) is 4.90 Å². The maximum Gasteiger partial charge on any atom is 0.325 e. The molecule has 9 nitrogen and oxygen atoms in total. The van der Waals surface area contributed by atoms with Crippen LogP contribution < -0.4 is 11.1 Å². The topological polar surface area (TPSA) is 131 Å². The molecule has 1 aromatic carbocycles. The van der Waals surface area contributed by atoms with E-state index < -0.39 is 29.5 Å². The second-order valence-corrected chi connectivity index (χ2v) is 6.30. The number of rotatable bonds is 6. The second-order valence-electron chi connectivity index (χ2n) is 6.30. The summed E-state index contributed by atoms with van der Waals surface area (Å²) in [4.78, 5) is 37.5. The quantitative estimate of drug-likeness (QED) is 0.617. The maximum atomic E-state index is 12.9. The van der Waals surface area contributed by atoms with Gasteiger partial charge in [0.1, 0.15) is 5.54 Å². The molecule has 1 saturated heterocycles. The lowest BCUT2D eigenvalue weighted by molar-refractivity contribution is -0.132. The first kappa shape index (κ1) is 17.6. The number of nitrogens with one attached hydrogen (secondary N) is 1. The van der Waals surface area contributed by atoms with E-state index in [1.54, 1.807) is 37.5 Å². The molecule has 0 radical (unpaired) electrons. The van der Waals surface area contributed by atoms with Crippen LogP contribution in [0.1, 0.15) is 22.8 Å². The summed E-state index contributed by atoms with van der Waals surface area (Å²) in [5.74, 6) is -1.14. The Hall–Kier alpha value is -3.20. The zero-order valence-corrected chi connectivity index (χ0v) is 14.1. The van der Waals surface area contributed by atoms with Crippen molar-refractivity contribution in [3.63, 3.8) is 0 Å². The van der Waals surface area contributed by atoms with Gasteiger partial charge in [0.2, 0.25) is 5.91 Å². The number of carbonyl (C=O) groups excluding carboxylic acids is 3. The molecule has 1 fully saturated rings.